The van der Waals surface area contributed by atoms with E-state index >= 15 is 0 Å². The van der Waals surface area contributed by atoms with Crippen molar-refractivity contribution >= 4 is 16.5 Å². The van der Waals surface area contributed by atoms with Gasteiger partial charge in [-0.3, -0.25) is 4.90 Å². The van der Waals surface area contributed by atoms with Crippen LogP contribution in [0.5, 0.6) is 0 Å². The fraction of sp³-hybridized carbons (Fsp3) is 0.750. The van der Waals surface area contributed by atoms with Gasteiger partial charge in [-0.25, -0.2) is 4.98 Å². The van der Waals surface area contributed by atoms with Crippen LogP contribution in [0, 0.1) is 0 Å². The number of piperazine rings is 1. The van der Waals surface area contributed by atoms with Gasteiger partial charge in [-0.2, -0.15) is 0 Å². The zero-order valence-electron chi connectivity index (χ0n) is 11.2. The van der Waals surface area contributed by atoms with E-state index in [1.54, 1.807) is 11.3 Å². The van der Waals surface area contributed by atoms with E-state index in [1.165, 1.54) is 0 Å². The minimum absolute atomic E-state index is 0.229. The highest BCUT2D eigenvalue weighted by atomic mass is 32.1. The lowest BCUT2D eigenvalue weighted by atomic mass is 10.0. The predicted octanol–water partition coefficient (Wildman–Crippen LogP) is 1.39. The molecule has 17 heavy (non-hydrogen) atoms. The number of nitrogens with zero attached hydrogens (tertiary/aromatic N) is 3. The Labute approximate surface area is 108 Å². The molecule has 0 saturated carbocycles. The van der Waals surface area contributed by atoms with Crippen molar-refractivity contribution in [1.82, 2.24) is 15.2 Å². The Bertz CT molecular complexity index is 374. The van der Waals surface area contributed by atoms with Crippen LogP contribution >= 0.6 is 11.3 Å². The van der Waals surface area contributed by atoms with E-state index in [4.69, 9.17) is 0 Å². The molecular formula is C12H22N4S. The van der Waals surface area contributed by atoms with Crippen LogP contribution in [0.25, 0.3) is 0 Å². The summed E-state index contributed by atoms with van der Waals surface area (Å²) in [6.07, 6.45) is 0. The van der Waals surface area contributed by atoms with Crippen molar-refractivity contribution in [1.29, 1.82) is 0 Å². The molecule has 0 aromatic carbocycles. The van der Waals surface area contributed by atoms with Crippen molar-refractivity contribution in [2.24, 2.45) is 0 Å². The number of rotatable bonds is 3. The topological polar surface area (TPSA) is 31.4 Å². The normalized spacial score (nSPS) is 20.8. The fourth-order valence-electron chi connectivity index (χ4n) is 2.11. The summed E-state index contributed by atoms with van der Waals surface area (Å²) < 4.78 is 0. The Kier molecular flexibility index (Phi) is 3.70. The van der Waals surface area contributed by atoms with Gasteiger partial charge in [0, 0.05) is 37.1 Å². The predicted molar refractivity (Wildman–Crippen MR) is 73.8 cm³/mol. The Hall–Kier alpha value is -0.650. The molecule has 0 radical (unpaired) electrons. The molecule has 0 atom stereocenters. The summed E-state index contributed by atoms with van der Waals surface area (Å²) in [5.74, 6) is 0. The number of anilines is 1. The maximum Gasteiger partial charge on any atom is 0.185 e. The number of hydrogen-bond acceptors (Lipinski definition) is 5. The van der Waals surface area contributed by atoms with Gasteiger partial charge in [-0.1, -0.05) is 0 Å². The van der Waals surface area contributed by atoms with Gasteiger partial charge < -0.3 is 10.2 Å². The molecule has 1 N–H and O–H groups in total. The molecule has 0 bridgehead atoms. The molecule has 1 aliphatic rings. The maximum atomic E-state index is 4.68. The van der Waals surface area contributed by atoms with Crippen molar-refractivity contribution in [3.63, 3.8) is 0 Å². The number of nitrogens with one attached hydrogen (secondary N) is 1. The van der Waals surface area contributed by atoms with E-state index in [0.717, 1.165) is 37.0 Å². The zero-order chi connectivity index (χ0) is 12.5. The molecule has 96 valence electrons. The molecule has 0 amide bonds. The summed E-state index contributed by atoms with van der Waals surface area (Å²) in [6, 6.07) is 0. The molecule has 0 spiro atoms. The van der Waals surface area contributed by atoms with E-state index in [-0.39, 0.29) is 5.54 Å². The molecule has 0 aliphatic carbocycles. The summed E-state index contributed by atoms with van der Waals surface area (Å²) in [5, 5.41) is 6.45. The van der Waals surface area contributed by atoms with Crippen LogP contribution in [0.2, 0.25) is 0 Å². The van der Waals surface area contributed by atoms with Gasteiger partial charge in [0.15, 0.2) is 5.13 Å². The van der Waals surface area contributed by atoms with Crippen LogP contribution in [0.1, 0.15) is 19.5 Å². The first-order chi connectivity index (χ1) is 8.03. The summed E-state index contributed by atoms with van der Waals surface area (Å²) in [7, 11) is 4.16. The van der Waals surface area contributed by atoms with Gasteiger partial charge in [0.1, 0.15) is 0 Å². The molecule has 5 heteroatoms. The summed E-state index contributed by atoms with van der Waals surface area (Å²) in [6.45, 7) is 8.67. The second-order valence-corrected chi connectivity index (χ2v) is 6.14. The van der Waals surface area contributed by atoms with Crippen molar-refractivity contribution in [3.05, 3.63) is 11.1 Å². The molecule has 1 aromatic rings. The van der Waals surface area contributed by atoms with Crippen LogP contribution in [-0.2, 0) is 6.54 Å². The highest BCUT2D eigenvalue weighted by Crippen LogP contribution is 2.26. The molecule has 1 saturated heterocycles. The molecule has 2 rings (SSSR count). The van der Waals surface area contributed by atoms with Crippen LogP contribution in [0.3, 0.4) is 0 Å². The van der Waals surface area contributed by atoms with Gasteiger partial charge in [-0.15, -0.1) is 11.3 Å². The standard InChI is InChI=1S/C12H22N4S/c1-12(2)9-16(6-5-15(12)4)11-14-10(7-13-3)8-17-11/h8,13H,5-7,9H2,1-4H3. The van der Waals surface area contributed by atoms with Crippen molar-refractivity contribution in [2.45, 2.75) is 25.9 Å². The molecule has 2 heterocycles. The average molecular weight is 254 g/mol. The summed E-state index contributed by atoms with van der Waals surface area (Å²) >= 11 is 1.75. The van der Waals surface area contributed by atoms with Gasteiger partial charge in [0.2, 0.25) is 0 Å². The van der Waals surface area contributed by atoms with Crippen LogP contribution < -0.4 is 10.2 Å². The second kappa shape index (κ2) is 4.92. The molecule has 1 aromatic heterocycles. The first kappa shape index (κ1) is 12.8. The van der Waals surface area contributed by atoms with Gasteiger partial charge in [0.25, 0.3) is 0 Å². The smallest absolute Gasteiger partial charge is 0.185 e. The summed E-state index contributed by atoms with van der Waals surface area (Å²) in [5.41, 5.74) is 1.37. The molecule has 1 fully saturated rings. The number of aromatic nitrogens is 1. The maximum absolute atomic E-state index is 4.68. The Morgan fingerprint density at radius 3 is 2.88 bits per heavy atom. The largest absolute Gasteiger partial charge is 0.345 e. The average Bonchev–Trinajstić information content (AvgIpc) is 2.71. The lowest BCUT2D eigenvalue weighted by Gasteiger charge is -2.45. The molecular weight excluding hydrogens is 232 g/mol. The Balaban J connectivity index is 2.07. The van der Waals surface area contributed by atoms with Gasteiger partial charge >= 0.3 is 0 Å². The van der Waals surface area contributed by atoms with Crippen molar-refractivity contribution in [2.75, 3.05) is 38.6 Å². The zero-order valence-corrected chi connectivity index (χ0v) is 12.0. The quantitative estimate of drug-likeness (QED) is 0.883. The number of thiazole rings is 1. The lowest BCUT2D eigenvalue weighted by molar-refractivity contribution is 0.139. The lowest BCUT2D eigenvalue weighted by Crippen LogP contribution is -2.57. The summed E-state index contributed by atoms with van der Waals surface area (Å²) in [4.78, 5) is 9.51. The monoisotopic (exact) mass is 254 g/mol. The SMILES string of the molecule is CNCc1csc(N2CCN(C)C(C)(C)C2)n1. The Morgan fingerprint density at radius 1 is 1.47 bits per heavy atom. The fourth-order valence-corrected chi connectivity index (χ4v) is 2.96. The van der Waals surface area contributed by atoms with Crippen LogP contribution in [0.15, 0.2) is 5.38 Å². The third-order valence-corrected chi connectivity index (χ3v) is 4.43. The van der Waals surface area contributed by atoms with Crippen molar-refractivity contribution in [3.8, 4) is 0 Å². The molecule has 0 unspecified atom stereocenters. The molecule has 1 aliphatic heterocycles. The molecule has 4 nitrogen and oxygen atoms in total. The number of likely N-dealkylation sites (N-methyl/N-ethyl adjacent to an activating group) is 1. The third-order valence-electron chi connectivity index (χ3n) is 3.48. The first-order valence-corrected chi connectivity index (χ1v) is 6.96. The second-order valence-electron chi connectivity index (χ2n) is 5.31. The van der Waals surface area contributed by atoms with E-state index < -0.39 is 0 Å². The van der Waals surface area contributed by atoms with E-state index in [9.17, 15) is 0 Å². The van der Waals surface area contributed by atoms with E-state index in [0.29, 0.717) is 0 Å². The third kappa shape index (κ3) is 2.78. The van der Waals surface area contributed by atoms with E-state index in [2.05, 4.69) is 46.4 Å². The van der Waals surface area contributed by atoms with Crippen molar-refractivity contribution < 1.29 is 0 Å². The van der Waals surface area contributed by atoms with Gasteiger partial charge in [0.05, 0.1) is 5.69 Å². The first-order valence-electron chi connectivity index (χ1n) is 6.08. The minimum Gasteiger partial charge on any atom is -0.345 e. The highest BCUT2D eigenvalue weighted by molar-refractivity contribution is 7.13. The van der Waals surface area contributed by atoms with E-state index in [1.807, 2.05) is 7.05 Å². The number of hydrogen-bond donors (Lipinski definition) is 1. The minimum atomic E-state index is 0.229. The van der Waals surface area contributed by atoms with Gasteiger partial charge in [-0.05, 0) is 27.9 Å². The van der Waals surface area contributed by atoms with Crippen LogP contribution in [0.4, 0.5) is 5.13 Å². The Morgan fingerprint density at radius 2 is 2.24 bits per heavy atom. The highest BCUT2D eigenvalue weighted by Gasteiger charge is 2.32. The van der Waals surface area contributed by atoms with Crippen LogP contribution in [-0.4, -0.2) is 49.2 Å².